The van der Waals surface area contributed by atoms with Crippen LogP contribution in [0, 0.1) is 13.8 Å². The van der Waals surface area contributed by atoms with Gasteiger partial charge in [0.15, 0.2) is 5.82 Å². The Bertz CT molecular complexity index is 569. The zero-order chi connectivity index (χ0) is 13.1. The molecule has 1 aromatic carbocycles. The highest BCUT2D eigenvalue weighted by Crippen LogP contribution is 2.23. The van der Waals surface area contributed by atoms with E-state index >= 15 is 0 Å². The molecule has 0 unspecified atom stereocenters. The summed E-state index contributed by atoms with van der Waals surface area (Å²) in [6.07, 6.45) is 0. The summed E-state index contributed by atoms with van der Waals surface area (Å²) in [6, 6.07) is 5.83. The van der Waals surface area contributed by atoms with Crippen LogP contribution >= 0.6 is 0 Å². The largest absolute Gasteiger partial charge is 0.496 e. The second-order valence-electron chi connectivity index (χ2n) is 4.01. The van der Waals surface area contributed by atoms with E-state index in [1.807, 2.05) is 32.0 Å². The lowest BCUT2D eigenvalue weighted by Crippen LogP contribution is -2.07. The highest BCUT2D eigenvalue weighted by Gasteiger charge is 2.07. The van der Waals surface area contributed by atoms with Crippen LogP contribution in [0.15, 0.2) is 18.2 Å². The van der Waals surface area contributed by atoms with E-state index in [-0.39, 0.29) is 0 Å². The lowest BCUT2D eigenvalue weighted by molar-refractivity contribution is 0.412. The molecule has 0 radical (unpaired) electrons. The normalized spacial score (nSPS) is 10.4. The maximum absolute atomic E-state index is 5.57. The summed E-state index contributed by atoms with van der Waals surface area (Å²) in [4.78, 5) is 12.8. The Morgan fingerprint density at radius 3 is 2.56 bits per heavy atom. The molecular weight excluding hydrogens is 228 g/mol. The van der Waals surface area contributed by atoms with E-state index in [9.17, 15) is 0 Å². The summed E-state index contributed by atoms with van der Waals surface area (Å²) in [6.45, 7) is 4.13. The molecule has 0 atom stereocenters. The van der Waals surface area contributed by atoms with Crippen molar-refractivity contribution in [1.82, 2.24) is 15.0 Å². The summed E-state index contributed by atoms with van der Waals surface area (Å²) in [5.74, 6) is 2.78. The number of hydrogen-bond donors (Lipinski definition) is 1. The van der Waals surface area contributed by atoms with E-state index in [1.54, 1.807) is 7.11 Å². The van der Waals surface area contributed by atoms with Gasteiger partial charge in [-0.1, -0.05) is 0 Å². The Hall–Kier alpha value is -2.01. The molecule has 18 heavy (non-hydrogen) atoms. The molecule has 2 rings (SSSR count). The number of rotatable bonds is 3. The Morgan fingerprint density at radius 1 is 1.17 bits per heavy atom. The Balaban J connectivity index is 2.48. The van der Waals surface area contributed by atoms with Gasteiger partial charge < -0.3 is 10.5 Å². The number of nitrogens with zero attached hydrogens (tertiary/aromatic N) is 3. The number of benzene rings is 1. The molecule has 0 spiro atoms. The fourth-order valence-corrected chi connectivity index (χ4v) is 1.78. The number of hydrogen-bond acceptors (Lipinski definition) is 5. The first-order valence-electron chi connectivity index (χ1n) is 5.70. The molecule has 0 saturated carbocycles. The van der Waals surface area contributed by atoms with Crippen LogP contribution in [0.2, 0.25) is 0 Å². The van der Waals surface area contributed by atoms with Crippen molar-refractivity contribution < 1.29 is 4.74 Å². The Labute approximate surface area is 106 Å². The van der Waals surface area contributed by atoms with Gasteiger partial charge in [-0.25, -0.2) is 15.0 Å². The fraction of sp³-hybridized carbons (Fsp3) is 0.308. The van der Waals surface area contributed by atoms with Crippen LogP contribution in [-0.4, -0.2) is 22.1 Å². The quantitative estimate of drug-likeness (QED) is 0.888. The van der Waals surface area contributed by atoms with Crippen LogP contribution in [-0.2, 0) is 6.54 Å². The summed E-state index contributed by atoms with van der Waals surface area (Å²) in [5, 5.41) is 0. The Kier molecular flexibility index (Phi) is 3.53. The summed E-state index contributed by atoms with van der Waals surface area (Å²) >= 11 is 0. The van der Waals surface area contributed by atoms with Crippen molar-refractivity contribution in [3.63, 3.8) is 0 Å². The second kappa shape index (κ2) is 5.10. The van der Waals surface area contributed by atoms with Crippen LogP contribution in [0.5, 0.6) is 5.75 Å². The first-order valence-corrected chi connectivity index (χ1v) is 5.70. The van der Waals surface area contributed by atoms with Gasteiger partial charge in [0.25, 0.3) is 0 Å². The standard InChI is InChI=1S/C13H16N4O/c1-8-6-10(4-5-11(8)18-3)13-16-9(2)15-12(7-14)17-13/h4-6H,7,14H2,1-3H3. The van der Waals surface area contributed by atoms with Gasteiger partial charge in [-0.2, -0.15) is 0 Å². The molecular formula is C13H16N4O. The van der Waals surface area contributed by atoms with Crippen LogP contribution < -0.4 is 10.5 Å². The number of nitrogens with two attached hydrogens (primary N) is 1. The monoisotopic (exact) mass is 244 g/mol. The Morgan fingerprint density at radius 2 is 1.94 bits per heavy atom. The molecule has 0 bridgehead atoms. The van der Waals surface area contributed by atoms with Crippen LogP contribution in [0.1, 0.15) is 17.2 Å². The average Bonchev–Trinajstić information content (AvgIpc) is 2.37. The van der Waals surface area contributed by atoms with Crippen LogP contribution in [0.25, 0.3) is 11.4 Å². The van der Waals surface area contributed by atoms with Crippen molar-refractivity contribution in [3.05, 3.63) is 35.4 Å². The molecule has 5 nitrogen and oxygen atoms in total. The molecule has 94 valence electrons. The van der Waals surface area contributed by atoms with Crippen molar-refractivity contribution in [3.8, 4) is 17.1 Å². The molecule has 0 aliphatic rings. The minimum Gasteiger partial charge on any atom is -0.496 e. The molecule has 0 fully saturated rings. The lowest BCUT2D eigenvalue weighted by atomic mass is 10.1. The zero-order valence-electron chi connectivity index (χ0n) is 10.8. The molecule has 2 aromatic rings. The summed E-state index contributed by atoms with van der Waals surface area (Å²) in [7, 11) is 1.65. The van der Waals surface area contributed by atoms with Crippen molar-refractivity contribution in [1.29, 1.82) is 0 Å². The fourth-order valence-electron chi connectivity index (χ4n) is 1.78. The smallest absolute Gasteiger partial charge is 0.163 e. The third kappa shape index (κ3) is 2.46. The minimum absolute atomic E-state index is 0.311. The number of methoxy groups -OCH3 is 1. The third-order valence-corrected chi connectivity index (χ3v) is 2.63. The molecule has 2 N–H and O–H groups in total. The summed E-state index contributed by atoms with van der Waals surface area (Å²) < 4.78 is 5.23. The SMILES string of the molecule is COc1ccc(-c2nc(C)nc(CN)n2)cc1C. The predicted octanol–water partition coefficient (Wildman–Crippen LogP) is 1.62. The average molecular weight is 244 g/mol. The van der Waals surface area contributed by atoms with E-state index in [1.165, 1.54) is 0 Å². The van der Waals surface area contributed by atoms with Gasteiger partial charge in [-0.3, -0.25) is 0 Å². The first-order chi connectivity index (χ1) is 8.63. The van der Waals surface area contributed by atoms with Crippen molar-refractivity contribution in [2.24, 2.45) is 5.73 Å². The number of aromatic nitrogens is 3. The molecule has 0 aliphatic heterocycles. The van der Waals surface area contributed by atoms with Gasteiger partial charge in [0.2, 0.25) is 0 Å². The van der Waals surface area contributed by atoms with Crippen LogP contribution in [0.4, 0.5) is 0 Å². The molecule has 5 heteroatoms. The van der Waals surface area contributed by atoms with Crippen molar-refractivity contribution in [2.45, 2.75) is 20.4 Å². The van der Waals surface area contributed by atoms with Gasteiger partial charge in [-0.05, 0) is 37.6 Å². The summed E-state index contributed by atoms with van der Waals surface area (Å²) in [5.41, 5.74) is 7.55. The highest BCUT2D eigenvalue weighted by atomic mass is 16.5. The van der Waals surface area contributed by atoms with Gasteiger partial charge in [-0.15, -0.1) is 0 Å². The first kappa shape index (κ1) is 12.4. The van der Waals surface area contributed by atoms with E-state index in [2.05, 4.69) is 15.0 Å². The topological polar surface area (TPSA) is 73.9 Å². The van der Waals surface area contributed by atoms with E-state index in [0.29, 0.717) is 24.0 Å². The second-order valence-corrected chi connectivity index (χ2v) is 4.01. The van der Waals surface area contributed by atoms with Crippen LogP contribution in [0.3, 0.4) is 0 Å². The van der Waals surface area contributed by atoms with Crippen molar-refractivity contribution >= 4 is 0 Å². The van der Waals surface area contributed by atoms with E-state index in [0.717, 1.165) is 16.9 Å². The van der Waals surface area contributed by atoms with Crippen molar-refractivity contribution in [2.75, 3.05) is 7.11 Å². The number of aryl methyl sites for hydroxylation is 2. The highest BCUT2D eigenvalue weighted by molar-refractivity contribution is 5.58. The predicted molar refractivity (Wildman–Crippen MR) is 69.2 cm³/mol. The van der Waals surface area contributed by atoms with E-state index < -0.39 is 0 Å². The molecule has 0 amide bonds. The maximum Gasteiger partial charge on any atom is 0.163 e. The maximum atomic E-state index is 5.57. The molecule has 1 heterocycles. The van der Waals surface area contributed by atoms with Gasteiger partial charge in [0.1, 0.15) is 17.4 Å². The molecule has 1 aromatic heterocycles. The van der Waals surface area contributed by atoms with Gasteiger partial charge in [0.05, 0.1) is 13.7 Å². The lowest BCUT2D eigenvalue weighted by Gasteiger charge is -2.07. The van der Waals surface area contributed by atoms with Gasteiger partial charge >= 0.3 is 0 Å². The third-order valence-electron chi connectivity index (χ3n) is 2.63. The van der Waals surface area contributed by atoms with E-state index in [4.69, 9.17) is 10.5 Å². The van der Waals surface area contributed by atoms with Gasteiger partial charge in [0, 0.05) is 5.56 Å². The minimum atomic E-state index is 0.311. The molecule has 0 aliphatic carbocycles. The number of ether oxygens (including phenoxy) is 1. The zero-order valence-corrected chi connectivity index (χ0v) is 10.8. The molecule has 0 saturated heterocycles.